The van der Waals surface area contributed by atoms with Crippen molar-refractivity contribution in [2.45, 2.75) is 6.54 Å². The van der Waals surface area contributed by atoms with Gasteiger partial charge in [0.2, 0.25) is 5.88 Å². The monoisotopic (exact) mass is 257 g/mol. The molecule has 0 spiro atoms. The van der Waals surface area contributed by atoms with E-state index < -0.39 is 0 Å². The first kappa shape index (κ1) is 13.0. The van der Waals surface area contributed by atoms with Gasteiger partial charge in [-0.05, 0) is 12.1 Å². The average molecular weight is 257 g/mol. The Morgan fingerprint density at radius 3 is 2.68 bits per heavy atom. The highest BCUT2D eigenvalue weighted by Crippen LogP contribution is 2.30. The lowest BCUT2D eigenvalue weighted by molar-refractivity contribution is 0.184. The molecule has 0 fully saturated rings. The molecule has 0 aliphatic rings. The molecule has 1 aromatic carbocycles. The Hall–Kier alpha value is -2.45. The van der Waals surface area contributed by atoms with Crippen LogP contribution in [0.4, 0.5) is 5.69 Å². The molecule has 2 rings (SSSR count). The van der Waals surface area contributed by atoms with Crippen LogP contribution in [0.2, 0.25) is 0 Å². The Bertz CT molecular complexity index is 585. The van der Waals surface area contributed by atoms with Gasteiger partial charge < -0.3 is 15.2 Å². The van der Waals surface area contributed by atoms with Gasteiger partial charge in [0.15, 0.2) is 0 Å². The molecule has 0 atom stereocenters. The molecule has 0 unspecified atom stereocenters. The fraction of sp³-hybridized carbons (Fsp3) is 0.214. The minimum atomic E-state index is 0.441. The Labute approximate surface area is 111 Å². The van der Waals surface area contributed by atoms with Crippen molar-refractivity contribution in [2.24, 2.45) is 0 Å². The van der Waals surface area contributed by atoms with Gasteiger partial charge in [0.05, 0.1) is 18.8 Å². The summed E-state index contributed by atoms with van der Waals surface area (Å²) in [4.78, 5) is 0. The number of aromatic nitrogens is 1. The van der Waals surface area contributed by atoms with E-state index in [4.69, 9.17) is 20.5 Å². The Kier molecular flexibility index (Phi) is 4.06. The number of para-hydroxylation sites is 1. The van der Waals surface area contributed by atoms with Crippen molar-refractivity contribution >= 4 is 5.69 Å². The van der Waals surface area contributed by atoms with E-state index >= 15 is 0 Å². The van der Waals surface area contributed by atoms with Gasteiger partial charge in [0.25, 0.3) is 0 Å². The van der Waals surface area contributed by atoms with E-state index in [1.165, 1.54) is 0 Å². The molecule has 5 nitrogen and oxygen atoms in total. The molecule has 0 saturated carbocycles. The fourth-order valence-electron chi connectivity index (χ4n) is 1.76. The third kappa shape index (κ3) is 2.87. The number of hydrogen-bond donors (Lipinski definition) is 1. The molecule has 0 aliphatic heterocycles. The first-order valence-electron chi connectivity index (χ1n) is 5.87. The van der Waals surface area contributed by atoms with Crippen LogP contribution in [0, 0.1) is 11.3 Å². The van der Waals surface area contributed by atoms with Crippen LogP contribution in [0.15, 0.2) is 36.4 Å². The highest BCUT2D eigenvalue weighted by Gasteiger charge is 2.14. The number of nitrogens with zero attached hydrogens (tertiary/aromatic N) is 2. The van der Waals surface area contributed by atoms with Crippen LogP contribution >= 0.6 is 0 Å². The van der Waals surface area contributed by atoms with Crippen molar-refractivity contribution in [3.05, 3.63) is 42.1 Å². The molecule has 2 N–H and O–H groups in total. The number of ether oxygens (including phenoxy) is 2. The van der Waals surface area contributed by atoms with Gasteiger partial charge in [-0.15, -0.1) is 0 Å². The molecule has 0 saturated heterocycles. The predicted molar refractivity (Wildman–Crippen MR) is 72.0 cm³/mol. The fourth-order valence-corrected chi connectivity index (χ4v) is 1.76. The second kappa shape index (κ2) is 5.94. The highest BCUT2D eigenvalue weighted by molar-refractivity contribution is 5.56. The summed E-state index contributed by atoms with van der Waals surface area (Å²) in [5.41, 5.74) is 6.80. The van der Waals surface area contributed by atoms with Gasteiger partial charge in [-0.25, -0.2) is 0 Å². The molecule has 1 aromatic heterocycles. The molecule has 19 heavy (non-hydrogen) atoms. The quantitative estimate of drug-likeness (QED) is 0.892. The average Bonchev–Trinajstić information content (AvgIpc) is 2.74. The van der Waals surface area contributed by atoms with Crippen LogP contribution in [0.1, 0.15) is 5.69 Å². The largest absolute Gasteiger partial charge is 0.439 e. The van der Waals surface area contributed by atoms with Crippen molar-refractivity contribution in [3.8, 4) is 17.7 Å². The summed E-state index contributed by atoms with van der Waals surface area (Å²) in [7, 11) is 1.61. The molecule has 5 heteroatoms. The third-order valence-electron chi connectivity index (χ3n) is 2.67. The van der Waals surface area contributed by atoms with E-state index in [9.17, 15) is 0 Å². The Morgan fingerprint density at radius 2 is 2.05 bits per heavy atom. The number of nitrogens with two attached hydrogens (primary N) is 1. The Balaban J connectivity index is 2.33. The summed E-state index contributed by atoms with van der Waals surface area (Å²) >= 11 is 0. The van der Waals surface area contributed by atoms with Crippen LogP contribution in [0.25, 0.3) is 0 Å². The molecule has 98 valence electrons. The van der Waals surface area contributed by atoms with E-state index in [2.05, 4.69) is 6.07 Å². The lowest BCUT2D eigenvalue weighted by Gasteiger charge is -2.11. The van der Waals surface area contributed by atoms with Crippen molar-refractivity contribution in [1.82, 2.24) is 4.57 Å². The van der Waals surface area contributed by atoms with Gasteiger partial charge in [-0.2, -0.15) is 5.26 Å². The normalized spacial score (nSPS) is 10.1. The number of nitriles is 1. The van der Waals surface area contributed by atoms with Gasteiger partial charge in [-0.3, -0.25) is 4.57 Å². The molecular formula is C14H15N3O2. The Morgan fingerprint density at radius 1 is 1.32 bits per heavy atom. The number of rotatable bonds is 5. The van der Waals surface area contributed by atoms with E-state index in [0.29, 0.717) is 36.2 Å². The zero-order valence-corrected chi connectivity index (χ0v) is 10.7. The number of anilines is 1. The molecule has 0 aliphatic carbocycles. The maximum absolute atomic E-state index is 9.10. The molecular weight excluding hydrogens is 242 g/mol. The summed E-state index contributed by atoms with van der Waals surface area (Å²) in [6.45, 7) is 0.993. The van der Waals surface area contributed by atoms with E-state index in [1.54, 1.807) is 17.7 Å². The zero-order valence-electron chi connectivity index (χ0n) is 10.7. The molecule has 1 heterocycles. The van der Waals surface area contributed by atoms with Crippen LogP contribution in [0.5, 0.6) is 11.6 Å². The maximum Gasteiger partial charge on any atom is 0.224 e. The van der Waals surface area contributed by atoms with Crippen LogP contribution in [-0.4, -0.2) is 18.3 Å². The summed E-state index contributed by atoms with van der Waals surface area (Å²) < 4.78 is 12.5. The second-order valence-electron chi connectivity index (χ2n) is 3.96. The van der Waals surface area contributed by atoms with E-state index in [-0.39, 0.29) is 0 Å². The summed E-state index contributed by atoms with van der Waals surface area (Å²) in [5, 5.41) is 9.10. The van der Waals surface area contributed by atoms with Gasteiger partial charge in [-0.1, -0.05) is 18.2 Å². The molecule has 0 amide bonds. The smallest absolute Gasteiger partial charge is 0.224 e. The predicted octanol–water partition coefficient (Wildman–Crippen LogP) is 2.38. The van der Waals surface area contributed by atoms with Crippen molar-refractivity contribution in [3.63, 3.8) is 0 Å². The first-order chi connectivity index (χ1) is 9.26. The number of benzene rings is 1. The first-order valence-corrected chi connectivity index (χ1v) is 5.87. The van der Waals surface area contributed by atoms with Gasteiger partial charge >= 0.3 is 0 Å². The molecule has 0 radical (unpaired) electrons. The number of methoxy groups -OCH3 is 1. The minimum Gasteiger partial charge on any atom is -0.439 e. The van der Waals surface area contributed by atoms with Gasteiger partial charge in [0.1, 0.15) is 17.5 Å². The SMILES string of the molecule is COCCn1c(C#N)cc(N)c1Oc1ccccc1. The lowest BCUT2D eigenvalue weighted by Crippen LogP contribution is -2.08. The van der Waals surface area contributed by atoms with Crippen LogP contribution in [0.3, 0.4) is 0 Å². The van der Waals surface area contributed by atoms with Crippen molar-refractivity contribution in [1.29, 1.82) is 5.26 Å². The molecule has 2 aromatic rings. The highest BCUT2D eigenvalue weighted by atomic mass is 16.5. The maximum atomic E-state index is 9.10. The van der Waals surface area contributed by atoms with E-state index in [1.807, 2.05) is 30.3 Å². The topological polar surface area (TPSA) is 73.2 Å². The lowest BCUT2D eigenvalue weighted by atomic mass is 10.3. The van der Waals surface area contributed by atoms with Crippen LogP contribution in [-0.2, 0) is 11.3 Å². The number of nitrogen functional groups attached to an aromatic ring is 1. The summed E-state index contributed by atoms with van der Waals surface area (Å²) in [5.74, 6) is 1.15. The summed E-state index contributed by atoms with van der Waals surface area (Å²) in [6, 6.07) is 13.0. The number of hydrogen-bond acceptors (Lipinski definition) is 4. The van der Waals surface area contributed by atoms with Gasteiger partial charge in [0, 0.05) is 13.2 Å². The van der Waals surface area contributed by atoms with Crippen molar-refractivity contribution in [2.75, 3.05) is 19.5 Å². The van der Waals surface area contributed by atoms with Crippen molar-refractivity contribution < 1.29 is 9.47 Å². The van der Waals surface area contributed by atoms with E-state index in [0.717, 1.165) is 0 Å². The van der Waals surface area contributed by atoms with Crippen LogP contribution < -0.4 is 10.5 Å². The minimum absolute atomic E-state index is 0.441. The zero-order chi connectivity index (χ0) is 13.7. The third-order valence-corrected chi connectivity index (χ3v) is 2.67. The standard InChI is InChI=1S/C14H15N3O2/c1-18-8-7-17-11(10-15)9-13(16)14(17)19-12-5-3-2-4-6-12/h2-6,9H,7-8,16H2,1H3. The second-order valence-corrected chi connectivity index (χ2v) is 3.96. The summed E-state index contributed by atoms with van der Waals surface area (Å²) in [6.07, 6.45) is 0. The molecule has 0 bridgehead atoms.